The molecular formula is C18H22ClN3O. The molecule has 0 spiro atoms. The molecular weight excluding hydrogens is 310 g/mol. The number of phenols is 1. The Kier molecular flexibility index (Phi) is 4.71. The summed E-state index contributed by atoms with van der Waals surface area (Å²) in [5.74, 6) is 0.988. The molecule has 4 nitrogen and oxygen atoms in total. The number of nitrogens with zero attached hydrogens (tertiary/aromatic N) is 2. The van der Waals surface area contributed by atoms with Gasteiger partial charge in [-0.15, -0.1) is 0 Å². The largest absolute Gasteiger partial charge is 0.508 e. The molecule has 0 atom stereocenters. The van der Waals surface area contributed by atoms with Gasteiger partial charge in [0, 0.05) is 0 Å². The van der Waals surface area contributed by atoms with Crippen LogP contribution in [-0.2, 0) is 12.0 Å². The van der Waals surface area contributed by atoms with Crippen LogP contribution in [0.25, 0.3) is 0 Å². The minimum absolute atomic E-state index is 0.186. The van der Waals surface area contributed by atoms with Gasteiger partial charge >= 0.3 is 0 Å². The number of benzene rings is 1. The van der Waals surface area contributed by atoms with Crippen molar-refractivity contribution in [1.82, 2.24) is 9.97 Å². The summed E-state index contributed by atoms with van der Waals surface area (Å²) < 4.78 is 0. The zero-order valence-electron chi connectivity index (χ0n) is 13.3. The molecule has 1 aliphatic carbocycles. The molecule has 1 aliphatic rings. The van der Waals surface area contributed by atoms with Crippen molar-refractivity contribution in [3.8, 4) is 5.75 Å². The van der Waals surface area contributed by atoms with Gasteiger partial charge < -0.3 is 10.4 Å². The van der Waals surface area contributed by atoms with Gasteiger partial charge in [-0.25, -0.2) is 9.97 Å². The summed E-state index contributed by atoms with van der Waals surface area (Å²) in [7, 11) is 0. The van der Waals surface area contributed by atoms with Gasteiger partial charge in [-0.3, -0.25) is 0 Å². The SMILES string of the molecule is CCc1ncnc(NC2(c3ccc(O)cc3)CCCCC2)c1Cl. The third-order valence-corrected chi connectivity index (χ3v) is 5.08. The van der Waals surface area contributed by atoms with E-state index in [1.54, 1.807) is 18.5 Å². The quantitative estimate of drug-likeness (QED) is 0.854. The Morgan fingerprint density at radius 2 is 1.83 bits per heavy atom. The number of rotatable bonds is 4. The van der Waals surface area contributed by atoms with Crippen LogP contribution in [-0.4, -0.2) is 15.1 Å². The van der Waals surface area contributed by atoms with Crippen molar-refractivity contribution < 1.29 is 5.11 Å². The molecule has 1 aromatic carbocycles. The fourth-order valence-electron chi connectivity index (χ4n) is 3.39. The number of nitrogens with one attached hydrogen (secondary N) is 1. The maximum absolute atomic E-state index is 9.58. The fraction of sp³-hybridized carbons (Fsp3) is 0.444. The number of halogens is 1. The highest BCUT2D eigenvalue weighted by Crippen LogP contribution is 2.41. The summed E-state index contributed by atoms with van der Waals surface area (Å²) in [4.78, 5) is 8.61. The zero-order valence-corrected chi connectivity index (χ0v) is 14.1. The second-order valence-corrected chi connectivity index (χ2v) is 6.53. The van der Waals surface area contributed by atoms with Crippen molar-refractivity contribution in [3.05, 3.63) is 46.9 Å². The number of phenolic OH excluding ortho intramolecular Hbond substituents is 1. The molecule has 0 unspecified atom stereocenters. The first-order chi connectivity index (χ1) is 11.1. The first kappa shape index (κ1) is 16.1. The van der Waals surface area contributed by atoms with Gasteiger partial charge in [0.2, 0.25) is 0 Å². The van der Waals surface area contributed by atoms with Gasteiger partial charge in [0.15, 0.2) is 0 Å². The molecule has 3 rings (SSSR count). The lowest BCUT2D eigenvalue weighted by Gasteiger charge is -2.39. The molecule has 1 saturated carbocycles. The molecule has 23 heavy (non-hydrogen) atoms. The molecule has 1 aromatic heterocycles. The van der Waals surface area contributed by atoms with Crippen molar-refractivity contribution >= 4 is 17.4 Å². The lowest BCUT2D eigenvalue weighted by Crippen LogP contribution is -2.38. The van der Waals surface area contributed by atoms with E-state index in [0.29, 0.717) is 10.8 Å². The van der Waals surface area contributed by atoms with E-state index in [-0.39, 0.29) is 11.3 Å². The predicted octanol–water partition coefficient (Wildman–Crippen LogP) is 4.67. The van der Waals surface area contributed by atoms with E-state index in [9.17, 15) is 5.11 Å². The van der Waals surface area contributed by atoms with Gasteiger partial charge in [0.25, 0.3) is 0 Å². The molecule has 0 bridgehead atoms. The fourth-order valence-corrected chi connectivity index (χ4v) is 3.67. The summed E-state index contributed by atoms with van der Waals surface area (Å²) in [5, 5.41) is 13.8. The molecule has 122 valence electrons. The molecule has 1 fully saturated rings. The number of aromatic nitrogens is 2. The van der Waals surface area contributed by atoms with Crippen LogP contribution < -0.4 is 5.32 Å². The Labute approximate surface area is 141 Å². The predicted molar refractivity (Wildman–Crippen MR) is 92.9 cm³/mol. The maximum atomic E-state index is 9.58. The molecule has 2 N–H and O–H groups in total. The molecule has 0 amide bonds. The Bertz CT molecular complexity index is 666. The highest BCUT2D eigenvalue weighted by molar-refractivity contribution is 6.33. The van der Waals surface area contributed by atoms with Gasteiger partial charge in [-0.05, 0) is 37.0 Å². The van der Waals surface area contributed by atoms with Gasteiger partial charge in [-0.1, -0.05) is 49.9 Å². The van der Waals surface area contributed by atoms with E-state index in [2.05, 4.69) is 15.3 Å². The van der Waals surface area contributed by atoms with E-state index in [0.717, 1.165) is 37.8 Å². The summed E-state index contributed by atoms with van der Waals surface area (Å²) in [6.07, 6.45) is 7.98. The van der Waals surface area contributed by atoms with Crippen LogP contribution >= 0.6 is 11.6 Å². The van der Waals surface area contributed by atoms with Gasteiger partial charge in [0.05, 0.1) is 11.2 Å². The lowest BCUT2D eigenvalue weighted by molar-refractivity contribution is 0.329. The second-order valence-electron chi connectivity index (χ2n) is 6.15. The number of hydrogen-bond acceptors (Lipinski definition) is 4. The first-order valence-corrected chi connectivity index (χ1v) is 8.59. The van der Waals surface area contributed by atoms with Crippen LogP contribution in [0.5, 0.6) is 5.75 Å². The molecule has 1 heterocycles. The van der Waals surface area contributed by atoms with E-state index in [1.165, 1.54) is 12.0 Å². The normalized spacial score (nSPS) is 17.0. The zero-order chi connectivity index (χ0) is 16.3. The Morgan fingerprint density at radius 1 is 1.13 bits per heavy atom. The summed E-state index contributed by atoms with van der Waals surface area (Å²) in [6, 6.07) is 7.46. The Morgan fingerprint density at radius 3 is 2.48 bits per heavy atom. The van der Waals surface area contributed by atoms with Crippen LogP contribution in [0.2, 0.25) is 5.02 Å². The van der Waals surface area contributed by atoms with Crippen LogP contribution in [0.15, 0.2) is 30.6 Å². The molecule has 0 saturated heterocycles. The van der Waals surface area contributed by atoms with Crippen molar-refractivity contribution in [1.29, 1.82) is 0 Å². The molecule has 5 heteroatoms. The average molecular weight is 332 g/mol. The van der Waals surface area contributed by atoms with E-state index in [4.69, 9.17) is 11.6 Å². The van der Waals surface area contributed by atoms with Crippen LogP contribution in [0.3, 0.4) is 0 Å². The number of anilines is 1. The smallest absolute Gasteiger partial charge is 0.149 e. The highest BCUT2D eigenvalue weighted by atomic mass is 35.5. The standard InChI is InChI=1S/C18H22ClN3O/c1-2-15-16(19)17(21-12-20-15)22-18(10-4-3-5-11-18)13-6-8-14(23)9-7-13/h6-9,12,23H,2-5,10-11H2,1H3,(H,20,21,22). The number of hydrogen-bond donors (Lipinski definition) is 2. The summed E-state index contributed by atoms with van der Waals surface area (Å²) >= 11 is 6.48. The minimum Gasteiger partial charge on any atom is -0.508 e. The third kappa shape index (κ3) is 3.27. The first-order valence-electron chi connectivity index (χ1n) is 8.22. The topological polar surface area (TPSA) is 58.0 Å². The minimum atomic E-state index is -0.186. The van der Waals surface area contributed by atoms with Crippen molar-refractivity contribution in [3.63, 3.8) is 0 Å². The summed E-state index contributed by atoms with van der Waals surface area (Å²) in [6.45, 7) is 2.04. The van der Waals surface area contributed by atoms with E-state index < -0.39 is 0 Å². The van der Waals surface area contributed by atoms with Crippen LogP contribution in [0, 0.1) is 0 Å². The summed E-state index contributed by atoms with van der Waals surface area (Å²) in [5.41, 5.74) is 1.85. The highest BCUT2D eigenvalue weighted by Gasteiger charge is 2.34. The molecule has 0 radical (unpaired) electrons. The molecule has 2 aromatic rings. The average Bonchev–Trinajstić information content (AvgIpc) is 2.58. The van der Waals surface area contributed by atoms with Crippen molar-refractivity contribution in [2.75, 3.05) is 5.32 Å². The van der Waals surface area contributed by atoms with E-state index >= 15 is 0 Å². The van der Waals surface area contributed by atoms with Crippen LogP contribution in [0.1, 0.15) is 50.3 Å². The Hall–Kier alpha value is -1.81. The third-order valence-electron chi connectivity index (χ3n) is 4.68. The number of aryl methyl sites for hydroxylation is 1. The van der Waals surface area contributed by atoms with Crippen molar-refractivity contribution in [2.45, 2.75) is 51.0 Å². The number of aromatic hydroxyl groups is 1. The van der Waals surface area contributed by atoms with Crippen molar-refractivity contribution in [2.24, 2.45) is 0 Å². The van der Waals surface area contributed by atoms with Gasteiger partial charge in [-0.2, -0.15) is 0 Å². The maximum Gasteiger partial charge on any atom is 0.149 e. The molecule has 0 aliphatic heterocycles. The second kappa shape index (κ2) is 6.75. The van der Waals surface area contributed by atoms with E-state index in [1.807, 2.05) is 19.1 Å². The monoisotopic (exact) mass is 331 g/mol. The Balaban J connectivity index is 1.98. The lowest BCUT2D eigenvalue weighted by atomic mass is 9.76. The van der Waals surface area contributed by atoms with Gasteiger partial charge in [0.1, 0.15) is 22.9 Å². The van der Waals surface area contributed by atoms with Crippen LogP contribution in [0.4, 0.5) is 5.82 Å².